The van der Waals surface area contributed by atoms with Gasteiger partial charge in [0.2, 0.25) is 0 Å². The summed E-state index contributed by atoms with van der Waals surface area (Å²) >= 11 is 0. The number of carbonyl (C=O) groups is 2. The van der Waals surface area contributed by atoms with Gasteiger partial charge < -0.3 is 19.3 Å². The van der Waals surface area contributed by atoms with E-state index in [0.29, 0.717) is 25.2 Å². The molecule has 0 fully saturated rings. The SMILES string of the molecule is COC(=O)/C=C/c1c(C#CCCCCO)cccc1OCCCCCCCC(=O)OC. The quantitative estimate of drug-likeness (QED) is 0.205. The molecular formula is C25H34O6. The second-order valence-electron chi connectivity index (χ2n) is 7.00. The van der Waals surface area contributed by atoms with Crippen LogP contribution in [0.5, 0.6) is 5.75 Å². The standard InChI is InChI=1S/C25H34O6/c1-29-24(27)16-9-4-3-7-11-20-31-23-15-12-14-21(13-8-5-6-10-19-26)22(23)17-18-25(28)30-2/h12,14-15,17-18,26H,3-7,9-11,16,19-20H2,1-2H3/b18-17+. The molecule has 0 amide bonds. The first-order chi connectivity index (χ1) is 15.1. The minimum absolute atomic E-state index is 0.160. The van der Waals surface area contributed by atoms with E-state index in [1.165, 1.54) is 20.3 Å². The number of benzene rings is 1. The van der Waals surface area contributed by atoms with Crippen molar-refractivity contribution >= 4 is 18.0 Å². The lowest BCUT2D eigenvalue weighted by Gasteiger charge is -2.11. The van der Waals surface area contributed by atoms with E-state index in [1.54, 1.807) is 6.08 Å². The highest BCUT2D eigenvalue weighted by Crippen LogP contribution is 2.24. The Balaban J connectivity index is 2.64. The molecule has 1 N–H and O–H groups in total. The Bertz CT molecular complexity index is 757. The van der Waals surface area contributed by atoms with Crippen LogP contribution in [0.15, 0.2) is 24.3 Å². The summed E-state index contributed by atoms with van der Waals surface area (Å²) in [7, 11) is 2.74. The zero-order valence-electron chi connectivity index (χ0n) is 18.7. The topological polar surface area (TPSA) is 82.1 Å². The van der Waals surface area contributed by atoms with Crippen molar-refractivity contribution in [3.05, 3.63) is 35.4 Å². The normalized spacial score (nSPS) is 10.4. The highest BCUT2D eigenvalue weighted by molar-refractivity contribution is 5.88. The molecule has 1 aromatic rings. The number of aliphatic hydroxyl groups is 1. The van der Waals surface area contributed by atoms with E-state index < -0.39 is 5.97 Å². The summed E-state index contributed by atoms with van der Waals surface area (Å²) in [4.78, 5) is 22.6. The molecule has 0 saturated heterocycles. The summed E-state index contributed by atoms with van der Waals surface area (Å²) in [5.74, 6) is 6.33. The second-order valence-corrected chi connectivity index (χ2v) is 7.00. The molecule has 0 bridgehead atoms. The fourth-order valence-corrected chi connectivity index (χ4v) is 2.84. The summed E-state index contributed by atoms with van der Waals surface area (Å²) < 4.78 is 15.3. The Morgan fingerprint density at radius 3 is 2.52 bits per heavy atom. The van der Waals surface area contributed by atoms with Crippen LogP contribution in [0.2, 0.25) is 0 Å². The van der Waals surface area contributed by atoms with Crippen LogP contribution in [0, 0.1) is 11.8 Å². The number of aliphatic hydroxyl groups excluding tert-OH is 1. The summed E-state index contributed by atoms with van der Waals surface area (Å²) in [6.45, 7) is 0.729. The molecule has 0 radical (unpaired) electrons. The Hall–Kier alpha value is -2.78. The van der Waals surface area contributed by atoms with Crippen LogP contribution in [0.1, 0.15) is 68.9 Å². The van der Waals surface area contributed by atoms with E-state index in [-0.39, 0.29) is 12.6 Å². The number of carbonyl (C=O) groups excluding carboxylic acids is 2. The van der Waals surface area contributed by atoms with Gasteiger partial charge in [-0.3, -0.25) is 4.79 Å². The number of esters is 2. The summed E-state index contributed by atoms with van der Waals surface area (Å²) in [6.07, 6.45) is 10.6. The monoisotopic (exact) mass is 430 g/mol. The Morgan fingerprint density at radius 2 is 1.77 bits per heavy atom. The number of methoxy groups -OCH3 is 2. The molecule has 0 aliphatic carbocycles. The van der Waals surface area contributed by atoms with Gasteiger partial charge in [-0.1, -0.05) is 37.2 Å². The van der Waals surface area contributed by atoms with Crippen molar-refractivity contribution < 1.29 is 28.9 Å². The minimum Gasteiger partial charge on any atom is -0.493 e. The van der Waals surface area contributed by atoms with Crippen molar-refractivity contribution in [1.29, 1.82) is 0 Å². The summed E-state index contributed by atoms with van der Waals surface area (Å²) in [5.41, 5.74) is 1.53. The van der Waals surface area contributed by atoms with E-state index in [0.717, 1.165) is 56.1 Å². The number of ether oxygens (including phenoxy) is 3. The van der Waals surface area contributed by atoms with Crippen LogP contribution in [-0.4, -0.2) is 44.5 Å². The molecule has 0 aromatic heterocycles. The van der Waals surface area contributed by atoms with Crippen LogP contribution in [-0.2, 0) is 19.1 Å². The maximum Gasteiger partial charge on any atom is 0.330 e. The largest absolute Gasteiger partial charge is 0.493 e. The molecule has 0 saturated carbocycles. The molecule has 31 heavy (non-hydrogen) atoms. The van der Waals surface area contributed by atoms with E-state index in [9.17, 15) is 9.59 Å². The van der Waals surface area contributed by atoms with Gasteiger partial charge in [0, 0.05) is 36.7 Å². The van der Waals surface area contributed by atoms with Gasteiger partial charge in [0.25, 0.3) is 0 Å². The molecule has 0 aliphatic heterocycles. The van der Waals surface area contributed by atoms with Gasteiger partial charge >= 0.3 is 11.9 Å². The van der Waals surface area contributed by atoms with E-state index in [2.05, 4.69) is 21.3 Å². The highest BCUT2D eigenvalue weighted by atomic mass is 16.5. The highest BCUT2D eigenvalue weighted by Gasteiger charge is 2.07. The predicted molar refractivity (Wildman–Crippen MR) is 121 cm³/mol. The number of hydrogen-bond donors (Lipinski definition) is 1. The minimum atomic E-state index is -0.441. The Labute approximate surface area is 185 Å². The van der Waals surface area contributed by atoms with Gasteiger partial charge in [-0.15, -0.1) is 0 Å². The Morgan fingerprint density at radius 1 is 1.00 bits per heavy atom. The number of unbranched alkanes of at least 4 members (excludes halogenated alkanes) is 6. The van der Waals surface area contributed by atoms with E-state index in [4.69, 9.17) is 9.84 Å². The van der Waals surface area contributed by atoms with Crippen molar-refractivity contribution in [3.8, 4) is 17.6 Å². The van der Waals surface area contributed by atoms with Crippen LogP contribution in [0.4, 0.5) is 0 Å². The van der Waals surface area contributed by atoms with Crippen LogP contribution < -0.4 is 4.74 Å². The molecule has 0 atom stereocenters. The van der Waals surface area contributed by atoms with Crippen LogP contribution >= 0.6 is 0 Å². The zero-order chi connectivity index (χ0) is 22.7. The molecule has 0 aliphatic rings. The Kier molecular flexibility index (Phi) is 14.4. The molecule has 0 spiro atoms. The molecule has 1 aromatic carbocycles. The van der Waals surface area contributed by atoms with Crippen molar-refractivity contribution in [2.24, 2.45) is 0 Å². The number of rotatable bonds is 14. The lowest BCUT2D eigenvalue weighted by atomic mass is 10.1. The van der Waals surface area contributed by atoms with Gasteiger partial charge in [0.1, 0.15) is 5.75 Å². The maximum absolute atomic E-state index is 11.5. The van der Waals surface area contributed by atoms with Gasteiger partial charge in [0.05, 0.1) is 20.8 Å². The van der Waals surface area contributed by atoms with Crippen molar-refractivity contribution in [2.45, 2.75) is 57.8 Å². The first-order valence-corrected chi connectivity index (χ1v) is 10.8. The van der Waals surface area contributed by atoms with Gasteiger partial charge in [0.15, 0.2) is 0 Å². The number of hydrogen-bond acceptors (Lipinski definition) is 6. The fraction of sp³-hybridized carbons (Fsp3) is 0.520. The van der Waals surface area contributed by atoms with Crippen molar-refractivity contribution in [2.75, 3.05) is 27.4 Å². The smallest absolute Gasteiger partial charge is 0.330 e. The summed E-state index contributed by atoms with van der Waals surface area (Å²) in [5, 5.41) is 8.87. The molecular weight excluding hydrogens is 396 g/mol. The summed E-state index contributed by atoms with van der Waals surface area (Å²) in [6, 6.07) is 5.64. The molecule has 0 heterocycles. The van der Waals surface area contributed by atoms with Gasteiger partial charge in [-0.2, -0.15) is 0 Å². The van der Waals surface area contributed by atoms with Crippen LogP contribution in [0.3, 0.4) is 0 Å². The van der Waals surface area contributed by atoms with Crippen LogP contribution in [0.25, 0.3) is 6.08 Å². The third kappa shape index (κ3) is 11.9. The molecule has 170 valence electrons. The molecule has 0 unspecified atom stereocenters. The average Bonchev–Trinajstić information content (AvgIpc) is 2.79. The first-order valence-electron chi connectivity index (χ1n) is 10.8. The van der Waals surface area contributed by atoms with Gasteiger partial charge in [-0.05, 0) is 43.9 Å². The third-order valence-corrected chi connectivity index (χ3v) is 4.60. The zero-order valence-corrected chi connectivity index (χ0v) is 18.7. The second kappa shape index (κ2) is 17.0. The third-order valence-electron chi connectivity index (χ3n) is 4.60. The molecule has 6 nitrogen and oxygen atoms in total. The molecule has 6 heteroatoms. The first kappa shape index (κ1) is 26.3. The predicted octanol–water partition coefficient (Wildman–Crippen LogP) is 4.28. The van der Waals surface area contributed by atoms with E-state index in [1.807, 2.05) is 18.2 Å². The van der Waals surface area contributed by atoms with Crippen molar-refractivity contribution in [1.82, 2.24) is 0 Å². The van der Waals surface area contributed by atoms with E-state index >= 15 is 0 Å². The maximum atomic E-state index is 11.5. The lowest BCUT2D eigenvalue weighted by Crippen LogP contribution is -2.01. The average molecular weight is 431 g/mol. The lowest BCUT2D eigenvalue weighted by molar-refractivity contribution is -0.140. The van der Waals surface area contributed by atoms with Gasteiger partial charge in [-0.25, -0.2) is 4.79 Å². The fourth-order valence-electron chi connectivity index (χ4n) is 2.84. The molecule has 1 rings (SSSR count). The van der Waals surface area contributed by atoms with Crippen molar-refractivity contribution in [3.63, 3.8) is 0 Å².